The highest BCUT2D eigenvalue weighted by molar-refractivity contribution is 6.33. The fourth-order valence-electron chi connectivity index (χ4n) is 9.85. The van der Waals surface area contributed by atoms with Crippen LogP contribution in [0.1, 0.15) is 0 Å². The molecule has 0 aliphatic rings. The Bertz CT molecular complexity index is 3670. The molecule has 3 aromatic heterocycles. The molecule has 0 N–H and O–H groups in total. The first-order chi connectivity index (χ1) is 29.8. The fourth-order valence-corrected chi connectivity index (χ4v) is 9.85. The molecule has 60 heavy (non-hydrogen) atoms. The van der Waals surface area contributed by atoms with Gasteiger partial charge in [0.05, 0.1) is 22.1 Å². The molecule has 10 aromatic carbocycles. The third-order valence-corrected chi connectivity index (χ3v) is 12.4. The van der Waals surface area contributed by atoms with Crippen molar-refractivity contribution in [1.82, 2.24) is 24.1 Å². The van der Waals surface area contributed by atoms with Crippen molar-refractivity contribution in [2.45, 2.75) is 0 Å². The molecule has 0 radical (unpaired) electrons. The maximum absolute atomic E-state index is 5.46. The van der Waals surface area contributed by atoms with Gasteiger partial charge in [0.1, 0.15) is 0 Å². The number of benzene rings is 10. The van der Waals surface area contributed by atoms with Crippen LogP contribution in [0.4, 0.5) is 0 Å². The standard InChI is InChI=1S/C55H33N5/c1-2-19-36-34(17-1)35-18-3-6-26-43(35)52-44-27-7-4-20-37(44)46(33-47(36)52)38-21-5-8-28-45(38)53-56-54(59-48-29-13-9-22-39(48)40-23-10-14-30-49(40)59)58-55(57-53)60-50-31-15-11-24-41(50)42-25-12-16-32-51(42)60/h1-33H. The molecular weight excluding hydrogens is 731 g/mol. The van der Waals surface area contributed by atoms with Gasteiger partial charge in [0.25, 0.3) is 0 Å². The monoisotopic (exact) mass is 763 g/mol. The fraction of sp³-hybridized carbons (Fsp3) is 0. The van der Waals surface area contributed by atoms with E-state index < -0.39 is 0 Å². The Morgan fingerprint density at radius 1 is 0.250 bits per heavy atom. The van der Waals surface area contributed by atoms with Crippen LogP contribution in [0.15, 0.2) is 200 Å². The summed E-state index contributed by atoms with van der Waals surface area (Å²) in [7, 11) is 0. The van der Waals surface area contributed by atoms with Gasteiger partial charge in [-0.05, 0) is 84.5 Å². The summed E-state index contributed by atoms with van der Waals surface area (Å²) in [5, 5.41) is 14.5. The second kappa shape index (κ2) is 12.7. The van der Waals surface area contributed by atoms with E-state index in [-0.39, 0.29) is 0 Å². The summed E-state index contributed by atoms with van der Waals surface area (Å²) in [4.78, 5) is 16.3. The van der Waals surface area contributed by atoms with E-state index >= 15 is 0 Å². The molecule has 0 amide bonds. The van der Waals surface area contributed by atoms with Gasteiger partial charge in [0, 0.05) is 27.1 Å². The van der Waals surface area contributed by atoms with Crippen LogP contribution in [0.25, 0.3) is 121 Å². The molecule has 0 spiro atoms. The normalized spacial score (nSPS) is 12.0. The zero-order valence-electron chi connectivity index (χ0n) is 32.3. The van der Waals surface area contributed by atoms with Gasteiger partial charge in [-0.2, -0.15) is 15.0 Å². The lowest BCUT2D eigenvalue weighted by Gasteiger charge is -2.18. The van der Waals surface area contributed by atoms with Crippen LogP contribution >= 0.6 is 0 Å². The summed E-state index contributed by atoms with van der Waals surface area (Å²) in [6.45, 7) is 0. The van der Waals surface area contributed by atoms with Gasteiger partial charge in [-0.25, -0.2) is 0 Å². The van der Waals surface area contributed by atoms with Crippen molar-refractivity contribution >= 4 is 86.7 Å². The van der Waals surface area contributed by atoms with E-state index in [4.69, 9.17) is 15.0 Å². The van der Waals surface area contributed by atoms with E-state index in [9.17, 15) is 0 Å². The molecule has 0 saturated heterocycles. The quantitative estimate of drug-likeness (QED) is 0.168. The molecule has 3 heterocycles. The van der Waals surface area contributed by atoms with Crippen molar-refractivity contribution in [2.24, 2.45) is 0 Å². The number of para-hydroxylation sites is 4. The largest absolute Gasteiger partial charge is 0.278 e. The number of hydrogen-bond acceptors (Lipinski definition) is 3. The Hall–Kier alpha value is -8.15. The van der Waals surface area contributed by atoms with Crippen molar-refractivity contribution in [1.29, 1.82) is 0 Å². The molecule has 0 saturated carbocycles. The lowest BCUT2D eigenvalue weighted by atomic mass is 9.86. The van der Waals surface area contributed by atoms with Crippen molar-refractivity contribution < 1.29 is 0 Å². The zero-order chi connectivity index (χ0) is 39.3. The summed E-state index contributed by atoms with van der Waals surface area (Å²) in [6.07, 6.45) is 0. The van der Waals surface area contributed by atoms with Crippen molar-refractivity contribution in [3.8, 4) is 34.4 Å². The molecule has 0 unspecified atom stereocenters. The SMILES string of the molecule is c1ccc(-c2cc3c4ccccc4c4ccccc4c3c3ccccc23)c(-c2nc(-n3c4ccccc4c4ccccc43)nc(-n3c4ccccc4c4ccccc43)n2)c1. The second-order valence-corrected chi connectivity index (χ2v) is 15.5. The number of aromatic nitrogens is 5. The summed E-state index contributed by atoms with van der Waals surface area (Å²) in [6, 6.07) is 71.5. The third-order valence-electron chi connectivity index (χ3n) is 12.4. The van der Waals surface area contributed by atoms with Crippen LogP contribution in [0.5, 0.6) is 0 Å². The van der Waals surface area contributed by atoms with Crippen molar-refractivity contribution in [3.63, 3.8) is 0 Å². The Labute approximate surface area is 344 Å². The van der Waals surface area contributed by atoms with E-state index in [1.54, 1.807) is 0 Å². The summed E-state index contributed by atoms with van der Waals surface area (Å²) in [5.41, 5.74) is 7.27. The van der Waals surface area contributed by atoms with Gasteiger partial charge in [0.2, 0.25) is 11.9 Å². The molecule has 0 fully saturated rings. The molecule has 13 rings (SSSR count). The van der Waals surface area contributed by atoms with Gasteiger partial charge >= 0.3 is 0 Å². The molecular formula is C55H33N5. The third kappa shape index (κ3) is 4.66. The van der Waals surface area contributed by atoms with Gasteiger partial charge in [0.15, 0.2) is 5.82 Å². The smallest absolute Gasteiger partial charge is 0.240 e. The average Bonchev–Trinajstić information content (AvgIpc) is 3.84. The Kier molecular flexibility index (Phi) is 6.95. The van der Waals surface area contributed by atoms with Crippen LogP contribution in [0.3, 0.4) is 0 Å². The number of fused-ring (bicyclic) bond motifs is 14. The number of nitrogens with zero attached hydrogens (tertiary/aromatic N) is 5. The molecule has 0 aliphatic carbocycles. The first kappa shape index (κ1) is 32.9. The average molecular weight is 764 g/mol. The zero-order valence-corrected chi connectivity index (χ0v) is 32.3. The predicted molar refractivity (Wildman–Crippen MR) is 249 cm³/mol. The van der Waals surface area contributed by atoms with Crippen LogP contribution in [-0.2, 0) is 0 Å². The summed E-state index contributed by atoms with van der Waals surface area (Å²) >= 11 is 0. The van der Waals surface area contributed by atoms with Crippen LogP contribution < -0.4 is 0 Å². The Morgan fingerprint density at radius 2 is 0.583 bits per heavy atom. The van der Waals surface area contributed by atoms with Crippen molar-refractivity contribution in [3.05, 3.63) is 200 Å². The summed E-state index contributed by atoms with van der Waals surface area (Å²) < 4.78 is 4.39. The molecule has 278 valence electrons. The van der Waals surface area contributed by atoms with E-state index in [0.29, 0.717) is 17.7 Å². The van der Waals surface area contributed by atoms with Crippen molar-refractivity contribution in [2.75, 3.05) is 0 Å². The van der Waals surface area contributed by atoms with E-state index in [2.05, 4.69) is 209 Å². The second-order valence-electron chi connectivity index (χ2n) is 15.5. The first-order valence-corrected chi connectivity index (χ1v) is 20.4. The minimum Gasteiger partial charge on any atom is -0.278 e. The highest BCUT2D eigenvalue weighted by atomic mass is 15.3. The molecule has 0 bridgehead atoms. The topological polar surface area (TPSA) is 48.5 Å². The van der Waals surface area contributed by atoms with Gasteiger partial charge in [-0.1, -0.05) is 170 Å². The van der Waals surface area contributed by atoms with E-state index in [1.807, 2.05) is 0 Å². The van der Waals surface area contributed by atoms with Crippen LogP contribution in [-0.4, -0.2) is 24.1 Å². The maximum Gasteiger partial charge on any atom is 0.240 e. The number of hydrogen-bond donors (Lipinski definition) is 0. The Morgan fingerprint density at radius 3 is 1.07 bits per heavy atom. The maximum atomic E-state index is 5.46. The van der Waals surface area contributed by atoms with Crippen LogP contribution in [0.2, 0.25) is 0 Å². The first-order valence-electron chi connectivity index (χ1n) is 20.4. The minimum absolute atomic E-state index is 0.560. The molecule has 13 aromatic rings. The minimum atomic E-state index is 0.560. The molecule has 0 aliphatic heterocycles. The highest BCUT2D eigenvalue weighted by Gasteiger charge is 2.23. The van der Waals surface area contributed by atoms with Gasteiger partial charge in [-0.3, -0.25) is 9.13 Å². The summed E-state index contributed by atoms with van der Waals surface area (Å²) in [5.74, 6) is 1.72. The van der Waals surface area contributed by atoms with Crippen LogP contribution in [0, 0.1) is 0 Å². The van der Waals surface area contributed by atoms with Gasteiger partial charge in [-0.15, -0.1) is 0 Å². The molecule has 5 heteroatoms. The molecule has 0 atom stereocenters. The number of rotatable bonds is 4. The lowest BCUT2D eigenvalue weighted by molar-refractivity contribution is 0.893. The lowest BCUT2D eigenvalue weighted by Crippen LogP contribution is -2.10. The molecule has 5 nitrogen and oxygen atoms in total. The highest BCUT2D eigenvalue weighted by Crippen LogP contribution is 2.45. The van der Waals surface area contributed by atoms with E-state index in [1.165, 1.54) is 43.1 Å². The van der Waals surface area contributed by atoms with E-state index in [0.717, 1.165) is 60.3 Å². The van der Waals surface area contributed by atoms with Gasteiger partial charge < -0.3 is 0 Å². The Balaban J connectivity index is 1.15. The predicted octanol–water partition coefficient (Wildman–Crippen LogP) is 14.0.